The molecular formula is C31H26F3N7. The quantitative estimate of drug-likeness (QED) is 0.236. The first-order valence-electron chi connectivity index (χ1n) is 13.2. The summed E-state index contributed by atoms with van der Waals surface area (Å²) in [5.41, 5.74) is 8.24. The maximum atomic E-state index is 13.1. The van der Waals surface area contributed by atoms with Gasteiger partial charge >= 0.3 is 6.18 Å². The molecule has 0 saturated carbocycles. The minimum Gasteiger partial charge on any atom is -0.308 e. The molecule has 206 valence electrons. The molecule has 0 aliphatic rings. The first-order valence-corrected chi connectivity index (χ1v) is 13.2. The lowest BCUT2D eigenvalue weighted by Gasteiger charge is -2.13. The zero-order valence-corrected chi connectivity index (χ0v) is 22.7. The van der Waals surface area contributed by atoms with Crippen LogP contribution in [-0.2, 0) is 19.1 Å². The van der Waals surface area contributed by atoms with Gasteiger partial charge in [-0.2, -0.15) is 18.4 Å². The minimum atomic E-state index is -4.39. The van der Waals surface area contributed by atoms with E-state index in [2.05, 4.69) is 51.2 Å². The monoisotopic (exact) mass is 553 g/mol. The summed E-state index contributed by atoms with van der Waals surface area (Å²) in [6, 6.07) is 21.0. The highest BCUT2D eigenvalue weighted by molar-refractivity contribution is 5.85. The summed E-state index contributed by atoms with van der Waals surface area (Å²) in [4.78, 5) is 9.62. The Morgan fingerprint density at radius 1 is 0.805 bits per heavy atom. The van der Waals surface area contributed by atoms with Gasteiger partial charge in [0, 0.05) is 17.7 Å². The van der Waals surface area contributed by atoms with Gasteiger partial charge in [-0.1, -0.05) is 49.4 Å². The maximum absolute atomic E-state index is 13.1. The molecule has 6 aromatic rings. The molecule has 0 aliphatic carbocycles. The Labute approximate surface area is 234 Å². The Balaban J connectivity index is 1.37. The lowest BCUT2D eigenvalue weighted by molar-refractivity contribution is -0.137. The Hall–Kier alpha value is -4.86. The van der Waals surface area contributed by atoms with E-state index in [4.69, 9.17) is 9.97 Å². The highest BCUT2D eigenvalue weighted by Gasteiger charge is 2.30. The van der Waals surface area contributed by atoms with Crippen LogP contribution in [0.4, 0.5) is 13.2 Å². The van der Waals surface area contributed by atoms with E-state index in [0.29, 0.717) is 17.9 Å². The molecule has 0 radical (unpaired) electrons. The fraction of sp³-hybridized carbons (Fsp3) is 0.194. The van der Waals surface area contributed by atoms with Crippen molar-refractivity contribution >= 4 is 11.2 Å². The average molecular weight is 554 g/mol. The van der Waals surface area contributed by atoms with Gasteiger partial charge < -0.3 is 4.57 Å². The van der Waals surface area contributed by atoms with E-state index >= 15 is 0 Å². The number of alkyl halides is 3. The topological polar surface area (TPSA) is 85.2 Å². The van der Waals surface area contributed by atoms with Crippen LogP contribution in [0.3, 0.4) is 0 Å². The standard InChI is InChI=1S/C31H26F3N7/c1-4-27-36-28-18(2)15-19(3)35-30(28)41(27)17-20-5-7-22(8-6-20)26-16-23(11-14-25(26)29-37-39-40-38-29)21-9-12-24(13-10-21)31(32,33)34/h5-16H,4,17H2,1-3H3,(H,37,38,39,40). The number of aromatic amines is 1. The van der Waals surface area contributed by atoms with Crippen LogP contribution in [0.2, 0.25) is 0 Å². The normalized spacial score (nSPS) is 11.9. The SMILES string of the molecule is CCc1nc2c(C)cc(C)nc2n1Cc1ccc(-c2cc(-c3ccc(C(F)(F)F)cc3)ccc2-c2nn[nH]n2)cc1. The van der Waals surface area contributed by atoms with Crippen LogP contribution in [0.5, 0.6) is 0 Å². The van der Waals surface area contributed by atoms with Crippen molar-refractivity contribution in [1.29, 1.82) is 0 Å². The Morgan fingerprint density at radius 3 is 2.17 bits per heavy atom. The summed E-state index contributed by atoms with van der Waals surface area (Å²) >= 11 is 0. The number of fused-ring (bicyclic) bond motifs is 1. The second kappa shape index (κ2) is 10.3. The van der Waals surface area contributed by atoms with Crippen molar-refractivity contribution in [2.75, 3.05) is 0 Å². The van der Waals surface area contributed by atoms with E-state index in [9.17, 15) is 13.2 Å². The van der Waals surface area contributed by atoms with E-state index in [1.54, 1.807) is 0 Å². The van der Waals surface area contributed by atoms with Gasteiger partial charge in [0.25, 0.3) is 0 Å². The number of tetrazole rings is 1. The van der Waals surface area contributed by atoms with Crippen molar-refractivity contribution in [1.82, 2.24) is 35.2 Å². The van der Waals surface area contributed by atoms with Crippen LogP contribution in [-0.4, -0.2) is 35.2 Å². The van der Waals surface area contributed by atoms with Gasteiger partial charge in [0.05, 0.1) is 12.1 Å². The number of aromatic nitrogens is 7. The third-order valence-corrected chi connectivity index (χ3v) is 7.17. The number of hydrogen-bond donors (Lipinski definition) is 1. The number of hydrogen-bond acceptors (Lipinski definition) is 5. The van der Waals surface area contributed by atoms with Gasteiger partial charge in [-0.05, 0) is 82.8 Å². The summed E-state index contributed by atoms with van der Waals surface area (Å²) in [6.45, 7) is 6.76. The van der Waals surface area contributed by atoms with Gasteiger partial charge in [-0.3, -0.25) is 0 Å². The number of halogens is 3. The molecule has 3 aromatic carbocycles. The fourth-order valence-electron chi connectivity index (χ4n) is 5.14. The average Bonchev–Trinajstić information content (AvgIpc) is 3.62. The number of nitrogens with one attached hydrogen (secondary N) is 1. The molecule has 0 bridgehead atoms. The molecule has 0 atom stereocenters. The van der Waals surface area contributed by atoms with Crippen molar-refractivity contribution in [2.24, 2.45) is 0 Å². The van der Waals surface area contributed by atoms with Crippen LogP contribution in [0.25, 0.3) is 44.8 Å². The maximum Gasteiger partial charge on any atom is 0.416 e. The van der Waals surface area contributed by atoms with E-state index in [0.717, 1.165) is 74.6 Å². The molecule has 7 nitrogen and oxygen atoms in total. The third kappa shape index (κ3) is 5.08. The number of benzene rings is 3. The Morgan fingerprint density at radius 2 is 1.51 bits per heavy atom. The highest BCUT2D eigenvalue weighted by atomic mass is 19.4. The Kier molecular flexibility index (Phi) is 6.61. The molecule has 0 amide bonds. The van der Waals surface area contributed by atoms with Crippen LogP contribution in [0.15, 0.2) is 72.8 Å². The van der Waals surface area contributed by atoms with Crippen LogP contribution < -0.4 is 0 Å². The van der Waals surface area contributed by atoms with Crippen molar-refractivity contribution in [3.63, 3.8) is 0 Å². The lowest BCUT2D eigenvalue weighted by Crippen LogP contribution is -2.05. The van der Waals surface area contributed by atoms with E-state index in [1.165, 1.54) is 12.1 Å². The summed E-state index contributed by atoms with van der Waals surface area (Å²) in [5, 5.41) is 14.5. The molecule has 6 rings (SSSR count). The van der Waals surface area contributed by atoms with Crippen LogP contribution >= 0.6 is 0 Å². The number of rotatable bonds is 6. The molecule has 0 aliphatic heterocycles. The number of aryl methyl sites for hydroxylation is 3. The van der Waals surface area contributed by atoms with Crippen LogP contribution in [0.1, 0.15) is 35.1 Å². The predicted molar refractivity (Wildman–Crippen MR) is 151 cm³/mol. The van der Waals surface area contributed by atoms with Crippen molar-refractivity contribution in [3.05, 3.63) is 101 Å². The molecule has 10 heteroatoms. The fourth-order valence-corrected chi connectivity index (χ4v) is 5.14. The zero-order valence-electron chi connectivity index (χ0n) is 22.7. The van der Waals surface area contributed by atoms with Gasteiger partial charge in [-0.15, -0.1) is 10.2 Å². The lowest BCUT2D eigenvalue weighted by atomic mass is 9.93. The first-order chi connectivity index (χ1) is 19.7. The van der Waals surface area contributed by atoms with Gasteiger partial charge in [0.2, 0.25) is 5.82 Å². The zero-order chi connectivity index (χ0) is 28.7. The smallest absolute Gasteiger partial charge is 0.308 e. The molecule has 0 saturated heterocycles. The minimum absolute atomic E-state index is 0.428. The molecule has 3 heterocycles. The summed E-state index contributed by atoms with van der Waals surface area (Å²) in [6.07, 6.45) is -3.60. The van der Waals surface area contributed by atoms with E-state index < -0.39 is 11.7 Å². The second-order valence-electron chi connectivity index (χ2n) is 9.99. The van der Waals surface area contributed by atoms with Crippen LogP contribution in [0, 0.1) is 13.8 Å². The number of imidazole rings is 1. The largest absolute Gasteiger partial charge is 0.416 e. The second-order valence-corrected chi connectivity index (χ2v) is 9.99. The van der Waals surface area contributed by atoms with E-state index in [1.807, 2.05) is 43.3 Å². The summed E-state index contributed by atoms with van der Waals surface area (Å²) < 4.78 is 41.4. The molecule has 3 aromatic heterocycles. The number of pyridine rings is 1. The van der Waals surface area contributed by atoms with Crippen molar-refractivity contribution in [2.45, 2.75) is 39.9 Å². The molecule has 1 N–H and O–H groups in total. The molecule has 41 heavy (non-hydrogen) atoms. The predicted octanol–water partition coefficient (Wildman–Crippen LogP) is 7.19. The molecule has 0 fully saturated rings. The number of nitrogens with zero attached hydrogens (tertiary/aromatic N) is 6. The molecule has 0 unspecified atom stereocenters. The summed E-state index contributed by atoms with van der Waals surface area (Å²) in [5.74, 6) is 1.41. The first kappa shape index (κ1) is 26.4. The Bertz CT molecular complexity index is 1840. The molecular weight excluding hydrogens is 527 g/mol. The van der Waals surface area contributed by atoms with Gasteiger partial charge in [-0.25, -0.2) is 9.97 Å². The third-order valence-electron chi connectivity index (χ3n) is 7.17. The summed E-state index contributed by atoms with van der Waals surface area (Å²) in [7, 11) is 0. The van der Waals surface area contributed by atoms with Crippen molar-refractivity contribution in [3.8, 4) is 33.6 Å². The molecule has 0 spiro atoms. The van der Waals surface area contributed by atoms with Crippen molar-refractivity contribution < 1.29 is 13.2 Å². The van der Waals surface area contributed by atoms with E-state index in [-0.39, 0.29) is 0 Å². The number of H-pyrrole nitrogens is 1. The highest BCUT2D eigenvalue weighted by Crippen LogP contribution is 2.36. The van der Waals surface area contributed by atoms with Gasteiger partial charge in [0.1, 0.15) is 11.3 Å². The van der Waals surface area contributed by atoms with Gasteiger partial charge in [0.15, 0.2) is 5.65 Å².